The Hall–Kier alpha value is -3.81. The molecule has 0 saturated carbocycles. The molecule has 0 aliphatic rings. The molecule has 0 bridgehead atoms. The van der Waals surface area contributed by atoms with Crippen LogP contribution in [0.1, 0.15) is 16.7 Å². The summed E-state index contributed by atoms with van der Waals surface area (Å²) in [6.45, 7) is 0. The van der Waals surface area contributed by atoms with E-state index in [2.05, 4.69) is 15.0 Å². The second-order valence-corrected chi connectivity index (χ2v) is 5.96. The zero-order chi connectivity index (χ0) is 20.1. The van der Waals surface area contributed by atoms with Gasteiger partial charge in [-0.3, -0.25) is 0 Å². The van der Waals surface area contributed by atoms with E-state index in [4.69, 9.17) is 15.2 Å². The summed E-state index contributed by atoms with van der Waals surface area (Å²) in [6, 6.07) is 10.1. The topological polar surface area (TPSA) is 123 Å². The van der Waals surface area contributed by atoms with Gasteiger partial charge in [-0.25, -0.2) is 9.98 Å². The molecule has 8 nitrogen and oxygen atoms in total. The molecule has 4 N–H and O–H groups in total. The summed E-state index contributed by atoms with van der Waals surface area (Å²) in [7, 11) is 2.94. The molecule has 0 atom stereocenters. The van der Waals surface area contributed by atoms with Crippen molar-refractivity contribution >= 4 is 18.0 Å². The Bertz CT molecular complexity index is 996. The number of aliphatic imine (C=N–C) groups is 1. The number of phenols is 2. The van der Waals surface area contributed by atoms with Crippen LogP contribution in [0.5, 0.6) is 23.0 Å². The van der Waals surface area contributed by atoms with Crippen LogP contribution in [-0.4, -0.2) is 40.6 Å². The Labute approximate surface area is 161 Å². The minimum absolute atomic E-state index is 0.0653. The molecule has 3 rings (SSSR count). The van der Waals surface area contributed by atoms with Crippen LogP contribution < -0.4 is 15.2 Å². The third-order valence-corrected chi connectivity index (χ3v) is 4.00. The first-order valence-electron chi connectivity index (χ1n) is 8.38. The summed E-state index contributed by atoms with van der Waals surface area (Å²) in [4.78, 5) is 12.7. The lowest BCUT2D eigenvalue weighted by atomic mass is 10.1. The summed E-state index contributed by atoms with van der Waals surface area (Å²) < 4.78 is 10.4. The highest BCUT2D eigenvalue weighted by atomic mass is 16.5. The van der Waals surface area contributed by atoms with Gasteiger partial charge in [0, 0.05) is 24.4 Å². The molecule has 0 amide bonds. The molecule has 0 saturated heterocycles. The maximum absolute atomic E-state index is 10.1. The molecule has 1 heterocycles. The predicted molar refractivity (Wildman–Crippen MR) is 106 cm³/mol. The van der Waals surface area contributed by atoms with E-state index in [0.717, 1.165) is 16.7 Å². The van der Waals surface area contributed by atoms with Gasteiger partial charge in [-0.15, -0.1) is 0 Å². The van der Waals surface area contributed by atoms with Crippen LogP contribution in [-0.2, 0) is 6.42 Å². The molecular weight excluding hydrogens is 360 g/mol. The van der Waals surface area contributed by atoms with Crippen molar-refractivity contribution in [2.45, 2.75) is 6.42 Å². The van der Waals surface area contributed by atoms with Crippen molar-refractivity contribution in [3.63, 3.8) is 0 Å². The average Bonchev–Trinajstić information content (AvgIpc) is 2.69. The van der Waals surface area contributed by atoms with E-state index >= 15 is 0 Å². The zero-order valence-electron chi connectivity index (χ0n) is 15.5. The van der Waals surface area contributed by atoms with Gasteiger partial charge in [0.15, 0.2) is 17.3 Å². The van der Waals surface area contributed by atoms with Gasteiger partial charge in [0.1, 0.15) is 5.75 Å². The molecule has 0 radical (unpaired) electrons. The van der Waals surface area contributed by atoms with Crippen molar-refractivity contribution in [2.75, 3.05) is 20.0 Å². The number of aromatic nitrogens is 2. The Morgan fingerprint density at radius 2 is 1.82 bits per heavy atom. The molecule has 0 fully saturated rings. The van der Waals surface area contributed by atoms with Gasteiger partial charge in [-0.2, -0.15) is 4.98 Å². The lowest BCUT2D eigenvalue weighted by molar-refractivity contribution is 0.339. The number of phenolic OH excluding ortho intramolecular Hbond substituents is 2. The number of ether oxygens (including phenoxy) is 2. The summed E-state index contributed by atoms with van der Waals surface area (Å²) in [6.07, 6.45) is 3.60. The first kappa shape index (κ1) is 19.0. The van der Waals surface area contributed by atoms with Gasteiger partial charge in [-0.1, -0.05) is 12.1 Å². The van der Waals surface area contributed by atoms with Gasteiger partial charge < -0.3 is 25.4 Å². The summed E-state index contributed by atoms with van der Waals surface area (Å²) in [5.74, 6) is 1.19. The number of nitrogens with zero attached hydrogens (tertiary/aromatic N) is 3. The van der Waals surface area contributed by atoms with Crippen LogP contribution in [0, 0.1) is 0 Å². The first-order valence-corrected chi connectivity index (χ1v) is 8.38. The fraction of sp³-hybridized carbons (Fsp3) is 0.150. The van der Waals surface area contributed by atoms with Gasteiger partial charge in [0.25, 0.3) is 0 Å². The minimum atomic E-state index is -0.0653. The van der Waals surface area contributed by atoms with Gasteiger partial charge >= 0.3 is 0 Å². The normalized spacial score (nSPS) is 10.9. The van der Waals surface area contributed by atoms with Crippen LogP contribution in [0.15, 0.2) is 47.6 Å². The number of methoxy groups -OCH3 is 2. The van der Waals surface area contributed by atoms with E-state index in [-0.39, 0.29) is 17.4 Å². The van der Waals surface area contributed by atoms with Crippen molar-refractivity contribution in [1.82, 2.24) is 9.97 Å². The van der Waals surface area contributed by atoms with Crippen LogP contribution in [0.25, 0.3) is 0 Å². The molecule has 144 valence electrons. The van der Waals surface area contributed by atoms with Gasteiger partial charge in [0.2, 0.25) is 11.7 Å². The van der Waals surface area contributed by atoms with E-state index in [1.54, 1.807) is 42.7 Å². The van der Waals surface area contributed by atoms with Gasteiger partial charge in [0.05, 0.1) is 14.2 Å². The third-order valence-electron chi connectivity index (χ3n) is 4.00. The molecule has 0 aliphatic carbocycles. The maximum Gasteiger partial charge on any atom is 0.222 e. The Kier molecular flexibility index (Phi) is 5.59. The zero-order valence-corrected chi connectivity index (χ0v) is 15.5. The molecule has 28 heavy (non-hydrogen) atoms. The SMILES string of the molecule is COc1cc(Cc2cnc(N)nc2N=Cc2cccc(O)c2)cc(OC)c1O. The van der Waals surface area contributed by atoms with Crippen molar-refractivity contribution < 1.29 is 19.7 Å². The van der Waals surface area contributed by atoms with Crippen LogP contribution in [0.2, 0.25) is 0 Å². The predicted octanol–water partition coefficient (Wildman–Crippen LogP) is 2.83. The Balaban J connectivity index is 1.95. The highest BCUT2D eigenvalue weighted by Crippen LogP contribution is 2.38. The highest BCUT2D eigenvalue weighted by Gasteiger charge is 2.13. The average molecular weight is 380 g/mol. The molecule has 1 aromatic heterocycles. The van der Waals surface area contributed by atoms with Crippen molar-refractivity contribution in [1.29, 1.82) is 0 Å². The second kappa shape index (κ2) is 8.26. The number of rotatable bonds is 6. The molecule has 0 aliphatic heterocycles. The highest BCUT2D eigenvalue weighted by molar-refractivity contribution is 5.82. The van der Waals surface area contributed by atoms with Gasteiger partial charge in [-0.05, 0) is 35.4 Å². The Morgan fingerprint density at radius 3 is 2.46 bits per heavy atom. The van der Waals surface area contributed by atoms with E-state index in [1.165, 1.54) is 14.2 Å². The molecule has 0 unspecified atom stereocenters. The fourth-order valence-electron chi connectivity index (χ4n) is 2.66. The lowest BCUT2D eigenvalue weighted by Crippen LogP contribution is -2.00. The monoisotopic (exact) mass is 380 g/mol. The van der Waals surface area contributed by atoms with Crippen LogP contribution in [0.4, 0.5) is 11.8 Å². The number of anilines is 1. The second-order valence-electron chi connectivity index (χ2n) is 5.96. The molecule has 3 aromatic rings. The van der Waals surface area contributed by atoms with Crippen molar-refractivity contribution in [2.24, 2.45) is 4.99 Å². The van der Waals surface area contributed by atoms with Crippen molar-refractivity contribution in [3.05, 3.63) is 59.3 Å². The molecular formula is C20H20N4O4. The quantitative estimate of drug-likeness (QED) is 0.562. The van der Waals surface area contributed by atoms with Crippen LogP contribution >= 0.6 is 0 Å². The van der Waals surface area contributed by atoms with Crippen LogP contribution in [0.3, 0.4) is 0 Å². The molecule has 2 aromatic carbocycles. The Morgan fingerprint density at radius 1 is 1.11 bits per heavy atom. The molecule has 0 spiro atoms. The number of hydrogen-bond donors (Lipinski definition) is 3. The van der Waals surface area contributed by atoms with E-state index in [0.29, 0.717) is 23.7 Å². The number of hydrogen-bond acceptors (Lipinski definition) is 8. The number of benzene rings is 2. The number of nitrogens with two attached hydrogens (primary N) is 1. The standard InChI is InChI=1S/C20H20N4O4/c1-27-16-8-13(9-17(28-2)18(16)26)6-14-11-23-20(21)24-19(14)22-10-12-4-3-5-15(25)7-12/h3-5,7-11,25-26H,6H2,1-2H3,(H2,21,23,24). The summed E-state index contributed by atoms with van der Waals surface area (Å²) >= 11 is 0. The molecule has 8 heteroatoms. The van der Waals surface area contributed by atoms with E-state index in [1.807, 2.05) is 6.07 Å². The number of nitrogen functional groups attached to an aromatic ring is 1. The fourth-order valence-corrected chi connectivity index (χ4v) is 2.66. The third kappa shape index (κ3) is 4.29. The summed E-state index contributed by atoms with van der Waals surface area (Å²) in [5.41, 5.74) is 7.97. The number of aromatic hydroxyl groups is 2. The lowest BCUT2D eigenvalue weighted by Gasteiger charge is -2.12. The maximum atomic E-state index is 10.1. The van der Waals surface area contributed by atoms with E-state index < -0.39 is 0 Å². The van der Waals surface area contributed by atoms with Crippen molar-refractivity contribution in [3.8, 4) is 23.0 Å². The minimum Gasteiger partial charge on any atom is -0.508 e. The van der Waals surface area contributed by atoms with E-state index in [9.17, 15) is 10.2 Å². The summed E-state index contributed by atoms with van der Waals surface area (Å²) in [5, 5.41) is 19.6. The smallest absolute Gasteiger partial charge is 0.222 e. The largest absolute Gasteiger partial charge is 0.508 e. The first-order chi connectivity index (χ1) is 13.5.